The highest BCUT2D eigenvalue weighted by Crippen LogP contribution is 2.32. The third-order valence-electron chi connectivity index (χ3n) is 6.09. The highest BCUT2D eigenvalue weighted by Gasteiger charge is 2.34. The maximum absolute atomic E-state index is 13.3. The van der Waals surface area contributed by atoms with Gasteiger partial charge in [0.25, 0.3) is 0 Å². The Hall–Kier alpha value is -2.41. The van der Waals surface area contributed by atoms with Crippen molar-refractivity contribution in [3.8, 4) is 0 Å². The molecule has 2 aromatic heterocycles. The van der Waals surface area contributed by atoms with Crippen molar-refractivity contribution in [3.05, 3.63) is 74.8 Å². The van der Waals surface area contributed by atoms with Crippen LogP contribution in [0.15, 0.2) is 48.2 Å². The number of ketones is 1. The summed E-state index contributed by atoms with van der Waals surface area (Å²) < 4.78 is 26.8. The van der Waals surface area contributed by atoms with Crippen LogP contribution in [0.4, 0.5) is 5.82 Å². The van der Waals surface area contributed by atoms with Gasteiger partial charge < -0.3 is 10.4 Å². The Morgan fingerprint density at radius 3 is 2.89 bits per heavy atom. The Labute approximate surface area is 212 Å². The molecule has 2 heterocycles. The molecule has 1 aliphatic carbocycles. The van der Waals surface area contributed by atoms with E-state index in [2.05, 4.69) is 26.4 Å². The van der Waals surface area contributed by atoms with Gasteiger partial charge in [-0.25, -0.2) is 15.1 Å². The molecule has 0 unspecified atom stereocenters. The maximum atomic E-state index is 13.3. The van der Waals surface area contributed by atoms with Gasteiger partial charge in [-0.1, -0.05) is 30.7 Å². The number of hydrogen-bond donors (Lipinski definition) is 3. The van der Waals surface area contributed by atoms with Crippen molar-refractivity contribution in [1.29, 1.82) is 0 Å². The summed E-state index contributed by atoms with van der Waals surface area (Å²) in [6.07, 6.45) is 2.80. The lowest BCUT2D eigenvalue weighted by molar-refractivity contribution is 0.101. The van der Waals surface area contributed by atoms with Gasteiger partial charge >= 0.3 is 10.3 Å². The van der Waals surface area contributed by atoms with Crippen molar-refractivity contribution in [2.75, 3.05) is 11.9 Å². The molecule has 0 saturated heterocycles. The molecule has 4 atom stereocenters. The van der Waals surface area contributed by atoms with Gasteiger partial charge in [0.2, 0.25) is 5.78 Å². The molecule has 3 aromatic rings. The van der Waals surface area contributed by atoms with Gasteiger partial charge in [-0.05, 0) is 47.5 Å². The van der Waals surface area contributed by atoms with Crippen molar-refractivity contribution in [3.63, 3.8) is 0 Å². The predicted molar refractivity (Wildman–Crippen MR) is 134 cm³/mol. The number of carbonyl (C=O) groups is 1. The highest BCUT2D eigenvalue weighted by atomic mass is 35.5. The fourth-order valence-corrected chi connectivity index (χ4v) is 5.70. The Kier molecular flexibility index (Phi) is 7.84. The van der Waals surface area contributed by atoms with E-state index >= 15 is 0 Å². The van der Waals surface area contributed by atoms with Gasteiger partial charge in [0.05, 0.1) is 23.2 Å². The largest absolute Gasteiger partial charge is 0.393 e. The van der Waals surface area contributed by atoms with E-state index in [1.807, 2.05) is 35.7 Å². The lowest BCUT2D eigenvalue weighted by atomic mass is 9.95. The van der Waals surface area contributed by atoms with Crippen LogP contribution in [0.25, 0.3) is 0 Å². The summed E-state index contributed by atoms with van der Waals surface area (Å²) in [6.45, 7) is 1.85. The number of aromatic nitrogens is 2. The smallest absolute Gasteiger partial charge is 0.333 e. The van der Waals surface area contributed by atoms with Crippen LogP contribution in [0.5, 0.6) is 0 Å². The number of nitrogens with two attached hydrogens (primary N) is 1. The molecule has 12 heteroatoms. The molecule has 35 heavy (non-hydrogen) atoms. The number of halogens is 1. The minimum atomic E-state index is -4.09. The van der Waals surface area contributed by atoms with E-state index in [1.54, 1.807) is 0 Å². The number of anilines is 1. The van der Waals surface area contributed by atoms with Crippen LogP contribution in [-0.4, -0.2) is 48.0 Å². The zero-order valence-corrected chi connectivity index (χ0v) is 21.2. The minimum Gasteiger partial charge on any atom is -0.393 e. The van der Waals surface area contributed by atoms with E-state index < -0.39 is 22.3 Å². The second-order valence-corrected chi connectivity index (χ2v) is 11.1. The van der Waals surface area contributed by atoms with E-state index in [0.29, 0.717) is 34.1 Å². The number of rotatable bonds is 9. The van der Waals surface area contributed by atoms with Crippen molar-refractivity contribution in [2.24, 2.45) is 11.1 Å². The van der Waals surface area contributed by atoms with Gasteiger partial charge in [-0.2, -0.15) is 8.42 Å². The molecule has 0 spiro atoms. The number of aliphatic hydroxyl groups is 1. The number of nitrogens with zero attached hydrogens (tertiary/aromatic N) is 2. The Morgan fingerprint density at radius 2 is 2.14 bits per heavy atom. The first-order valence-corrected chi connectivity index (χ1v) is 13.6. The maximum Gasteiger partial charge on any atom is 0.333 e. The third-order valence-corrected chi connectivity index (χ3v) is 7.74. The van der Waals surface area contributed by atoms with Crippen molar-refractivity contribution >= 4 is 44.8 Å². The number of benzene rings is 1. The first-order valence-electron chi connectivity index (χ1n) is 10.9. The topological polar surface area (TPSA) is 144 Å². The second-order valence-electron chi connectivity index (χ2n) is 8.55. The van der Waals surface area contributed by atoms with E-state index in [1.165, 1.54) is 23.9 Å². The zero-order chi connectivity index (χ0) is 25.2. The first kappa shape index (κ1) is 25.7. The lowest BCUT2D eigenvalue weighted by Gasteiger charge is -2.15. The van der Waals surface area contributed by atoms with E-state index in [-0.39, 0.29) is 24.3 Å². The molecule has 1 aromatic carbocycles. The Bertz CT molecular complexity index is 1320. The number of carbonyl (C=O) groups excluding carboxylic acids is 1. The Morgan fingerprint density at radius 1 is 1.34 bits per heavy atom. The van der Waals surface area contributed by atoms with Crippen LogP contribution < -0.4 is 10.5 Å². The van der Waals surface area contributed by atoms with Crippen molar-refractivity contribution in [1.82, 2.24) is 9.97 Å². The fraction of sp³-hybridized carbons (Fsp3) is 0.348. The second kappa shape index (κ2) is 10.7. The van der Waals surface area contributed by atoms with Gasteiger partial charge in [0.1, 0.15) is 12.1 Å². The van der Waals surface area contributed by atoms with Crippen LogP contribution in [0.3, 0.4) is 0 Å². The summed E-state index contributed by atoms with van der Waals surface area (Å²) in [5.41, 5.74) is 2.37. The SMILES string of the molecule is C[C@H](c1cccc(Cl)c1)c1csc(C(=O)c2cncnc2N[C@@H]2C[C@H](COS(N)(=O)=O)[C@@H](O)C2)c1. The van der Waals surface area contributed by atoms with Crippen LogP contribution in [-0.2, 0) is 14.5 Å². The average molecular weight is 537 g/mol. The molecule has 0 amide bonds. The highest BCUT2D eigenvalue weighted by molar-refractivity contribution is 7.84. The molecular weight excluding hydrogens is 512 g/mol. The van der Waals surface area contributed by atoms with Crippen molar-refractivity contribution in [2.45, 2.75) is 37.8 Å². The lowest BCUT2D eigenvalue weighted by Crippen LogP contribution is -2.24. The fourth-order valence-electron chi connectivity index (χ4n) is 4.18. The average Bonchev–Trinajstić information content (AvgIpc) is 3.43. The number of nitrogens with one attached hydrogen (secondary N) is 1. The first-order chi connectivity index (χ1) is 16.6. The van der Waals surface area contributed by atoms with Crippen LogP contribution in [0.2, 0.25) is 5.02 Å². The number of aliphatic hydroxyl groups excluding tert-OH is 1. The third kappa shape index (κ3) is 6.43. The van der Waals surface area contributed by atoms with Crippen LogP contribution in [0.1, 0.15) is 52.0 Å². The summed E-state index contributed by atoms with van der Waals surface area (Å²) in [5, 5.41) is 21.0. The molecule has 4 N–H and O–H groups in total. The molecule has 1 aliphatic rings. The van der Waals surface area contributed by atoms with E-state index in [0.717, 1.165) is 11.1 Å². The summed E-state index contributed by atoms with van der Waals surface area (Å²) in [7, 11) is -4.09. The van der Waals surface area contributed by atoms with E-state index in [4.69, 9.17) is 16.7 Å². The number of thiophene rings is 1. The van der Waals surface area contributed by atoms with Crippen molar-refractivity contribution < 1.29 is 22.5 Å². The molecule has 0 bridgehead atoms. The molecule has 4 rings (SSSR count). The molecule has 1 saturated carbocycles. The summed E-state index contributed by atoms with van der Waals surface area (Å²) in [6, 6.07) is 9.27. The molecular formula is C23H25ClN4O5S2. The molecule has 186 valence electrons. The Balaban J connectivity index is 1.47. The van der Waals surface area contributed by atoms with E-state index in [9.17, 15) is 18.3 Å². The monoisotopic (exact) mass is 536 g/mol. The zero-order valence-electron chi connectivity index (χ0n) is 18.8. The molecule has 9 nitrogen and oxygen atoms in total. The summed E-state index contributed by atoms with van der Waals surface area (Å²) >= 11 is 7.48. The normalized spacial score (nSPS) is 21.1. The van der Waals surface area contributed by atoms with Gasteiger partial charge in [0, 0.05) is 29.1 Å². The van der Waals surface area contributed by atoms with Gasteiger partial charge in [0.15, 0.2) is 0 Å². The standard InChI is InChI=1S/C23H25ClN4O5S2/c1-13(14-3-2-4-17(24)5-14)16-7-21(34-11-16)22(30)19-9-26-12-27-23(19)28-18-6-15(20(29)8-18)10-33-35(25,31)32/h2-5,7,9,11-13,15,18,20,29H,6,8,10H2,1H3,(H2,25,31,32)(H,26,27,28)/t13-,15-,18-,20+/m1/s1. The van der Waals surface area contributed by atoms with Gasteiger partial charge in [-0.3, -0.25) is 8.98 Å². The van der Waals surface area contributed by atoms with Crippen LogP contribution in [0, 0.1) is 5.92 Å². The molecule has 0 radical (unpaired) electrons. The summed E-state index contributed by atoms with van der Waals surface area (Å²) in [4.78, 5) is 22.1. The summed E-state index contributed by atoms with van der Waals surface area (Å²) in [5.74, 6) is -0.212. The minimum absolute atomic E-state index is 0.0626. The van der Waals surface area contributed by atoms with Gasteiger partial charge in [-0.15, -0.1) is 11.3 Å². The predicted octanol–water partition coefficient (Wildman–Crippen LogP) is 3.35. The molecule has 1 fully saturated rings. The molecule has 0 aliphatic heterocycles. The quantitative estimate of drug-likeness (QED) is 0.353. The van der Waals surface area contributed by atoms with Crippen LogP contribution >= 0.6 is 22.9 Å². The number of hydrogen-bond acceptors (Lipinski definition) is 9.